The van der Waals surface area contributed by atoms with Crippen LogP contribution in [-0.4, -0.2) is 33.0 Å². The van der Waals surface area contributed by atoms with Crippen LogP contribution < -0.4 is 10.2 Å². The molecule has 0 aliphatic heterocycles. The summed E-state index contributed by atoms with van der Waals surface area (Å²) in [5.74, 6) is 0. The predicted octanol–water partition coefficient (Wildman–Crippen LogP) is -4.62. The molecular formula is CH3AsCuO7. The van der Waals surface area contributed by atoms with E-state index in [2.05, 4.69) is 0 Å². The van der Waals surface area contributed by atoms with Crippen LogP contribution in [0.2, 0.25) is 0 Å². The van der Waals surface area contributed by atoms with Gasteiger partial charge in [-0.1, -0.05) is 0 Å². The Kier molecular flexibility index (Phi) is 11.8. The minimum atomic E-state index is -5.12. The Balaban J connectivity index is -0.0000000910. The van der Waals surface area contributed by atoms with Crippen molar-refractivity contribution in [2.45, 2.75) is 0 Å². The summed E-state index contributed by atoms with van der Waals surface area (Å²) >= 11 is -5.12. The number of carbonyl (C=O) groups is 1. The molecule has 0 aliphatic rings. The van der Waals surface area contributed by atoms with Gasteiger partial charge in [0.2, 0.25) is 0 Å². The van der Waals surface area contributed by atoms with Gasteiger partial charge in [-0.3, -0.25) is 0 Å². The van der Waals surface area contributed by atoms with Crippen LogP contribution in [0.5, 0.6) is 0 Å². The maximum Gasteiger partial charge on any atom is 2.00 e. The predicted molar refractivity (Wildman–Crippen MR) is 18.5 cm³/mol. The third-order valence-corrected chi connectivity index (χ3v) is 0. The van der Waals surface area contributed by atoms with Crippen LogP contribution in [0.1, 0.15) is 0 Å². The first-order valence-electron chi connectivity index (χ1n) is 1.39. The molecule has 0 aromatic heterocycles. The van der Waals surface area contributed by atoms with E-state index in [1.165, 1.54) is 0 Å². The summed E-state index contributed by atoms with van der Waals surface area (Å²) in [5.41, 5.74) is 0. The van der Waals surface area contributed by atoms with Crippen molar-refractivity contribution in [1.29, 1.82) is 0 Å². The second-order valence-corrected chi connectivity index (χ2v) is 2.92. The third-order valence-electron chi connectivity index (χ3n) is 0. The van der Waals surface area contributed by atoms with Crippen molar-refractivity contribution in [3.8, 4) is 0 Å². The molecular weight excluding hydrogens is 262 g/mol. The van der Waals surface area contributed by atoms with Gasteiger partial charge in [0.05, 0.1) is 0 Å². The van der Waals surface area contributed by atoms with Crippen molar-refractivity contribution >= 4 is 20.7 Å². The molecule has 0 aromatic carbocycles. The molecule has 0 rings (SSSR count). The number of hydrogen-bond acceptors (Lipinski definition) is 4. The fourth-order valence-corrected chi connectivity index (χ4v) is 0. The van der Waals surface area contributed by atoms with Crippen molar-refractivity contribution in [1.82, 2.24) is 0 Å². The zero-order valence-corrected chi connectivity index (χ0v) is 7.04. The summed E-state index contributed by atoms with van der Waals surface area (Å²) in [6, 6.07) is 0. The molecule has 65 valence electrons. The van der Waals surface area contributed by atoms with Crippen LogP contribution >= 0.6 is 0 Å². The molecule has 10 heavy (non-hydrogen) atoms. The van der Waals surface area contributed by atoms with Crippen LogP contribution in [0, 0.1) is 0 Å². The van der Waals surface area contributed by atoms with Crippen molar-refractivity contribution < 1.29 is 48.1 Å². The third kappa shape index (κ3) is 509000. The minimum absolute atomic E-state index is 0. The quantitative estimate of drug-likeness (QED) is 0.374. The number of hydrogen-bond donors (Lipinski definition) is 3. The molecule has 0 saturated carbocycles. The van der Waals surface area contributed by atoms with E-state index < -0.39 is 20.7 Å². The molecule has 0 fully saturated rings. The standard InChI is InChI=1S/CH2O3.AsH3O4.Cu/c2-1(3)4;2-1(3,4)5;/h(H2,2,3,4);(H3,2,3,4,5);/q;;+2/p-2. The molecule has 1 radical (unpaired) electrons. The van der Waals surface area contributed by atoms with Gasteiger partial charge in [0.25, 0.3) is 0 Å². The summed E-state index contributed by atoms with van der Waals surface area (Å²) in [4.78, 5) is 8.33. The Morgan fingerprint density at radius 3 is 1.20 bits per heavy atom. The van der Waals surface area contributed by atoms with Crippen LogP contribution in [-0.2, 0) is 20.8 Å². The minimum Gasteiger partial charge on any atom is 2.00 e. The van der Waals surface area contributed by atoms with Crippen LogP contribution in [0.25, 0.3) is 0 Å². The van der Waals surface area contributed by atoms with E-state index in [1.807, 2.05) is 0 Å². The van der Waals surface area contributed by atoms with E-state index in [-0.39, 0.29) is 17.1 Å². The summed E-state index contributed by atoms with van der Waals surface area (Å²) in [7, 11) is 0. The van der Waals surface area contributed by atoms with Gasteiger partial charge in [0.1, 0.15) is 0 Å². The van der Waals surface area contributed by atoms with Crippen LogP contribution in [0.15, 0.2) is 0 Å². The molecule has 0 aliphatic carbocycles. The zero-order valence-electron chi connectivity index (χ0n) is 4.22. The molecule has 9 heteroatoms. The number of carboxylic acid groups (broad SMARTS) is 2. The smallest absolute Gasteiger partial charge is 2.00 e. The van der Waals surface area contributed by atoms with Gasteiger partial charge in [-0.15, -0.1) is 0 Å². The van der Waals surface area contributed by atoms with Crippen molar-refractivity contribution in [2.75, 3.05) is 0 Å². The summed E-state index contributed by atoms with van der Waals surface area (Å²) in [5, 5.41) is 16.7. The van der Waals surface area contributed by atoms with Crippen molar-refractivity contribution in [3.05, 3.63) is 0 Å². The van der Waals surface area contributed by atoms with Crippen LogP contribution in [0.3, 0.4) is 0 Å². The average molecular weight is 265 g/mol. The maximum atomic E-state index is 8.94. The summed E-state index contributed by atoms with van der Waals surface area (Å²) in [6.45, 7) is 0. The largest absolute Gasteiger partial charge is 2.00 e. The van der Waals surface area contributed by atoms with Crippen molar-refractivity contribution in [3.63, 3.8) is 0 Å². The Hall–Kier alpha value is 0.0279. The molecule has 0 heterocycles. The van der Waals surface area contributed by atoms with E-state index >= 15 is 0 Å². The molecule has 7 nitrogen and oxygen atoms in total. The van der Waals surface area contributed by atoms with Gasteiger partial charge in [-0.25, -0.2) is 0 Å². The Morgan fingerprint density at radius 1 is 1.20 bits per heavy atom. The molecule has 0 aromatic rings. The monoisotopic (exact) mass is 265 g/mol. The van der Waals surface area contributed by atoms with Crippen LogP contribution in [0.4, 0.5) is 4.79 Å². The van der Waals surface area contributed by atoms with Gasteiger partial charge in [0.15, 0.2) is 0 Å². The molecule has 0 spiro atoms. The van der Waals surface area contributed by atoms with E-state index in [1.54, 1.807) is 0 Å². The molecule has 0 atom stereocenters. The van der Waals surface area contributed by atoms with E-state index in [4.69, 9.17) is 31.0 Å². The number of rotatable bonds is 0. The van der Waals surface area contributed by atoms with E-state index in [0.717, 1.165) is 0 Å². The van der Waals surface area contributed by atoms with Gasteiger partial charge < -0.3 is 15.0 Å². The Morgan fingerprint density at radius 2 is 1.20 bits per heavy atom. The summed E-state index contributed by atoms with van der Waals surface area (Å²) < 4.78 is 30.7. The van der Waals surface area contributed by atoms with Gasteiger partial charge in [-0.2, -0.15) is 0 Å². The van der Waals surface area contributed by atoms with Gasteiger partial charge >= 0.3 is 47.6 Å². The second kappa shape index (κ2) is 7.14. The zero-order chi connectivity index (χ0) is 8.08. The normalized spacial score (nSPS) is 8.30. The SMILES string of the molecule is O=C([O-])[O-].O=[As](O)(O)O.[Cu+2]. The average Bonchev–Trinajstić information content (AvgIpc) is 1.19. The Bertz CT molecular complexity index is 113. The first kappa shape index (κ1) is 16.5. The first-order chi connectivity index (χ1) is 3.73. The molecule has 0 amide bonds. The molecule has 3 N–H and O–H groups in total. The molecule has 0 unspecified atom stereocenters. The van der Waals surface area contributed by atoms with E-state index in [0.29, 0.717) is 0 Å². The number of carbonyl (C=O) groups excluding carboxylic acids is 1. The fraction of sp³-hybridized carbons (Fsp3) is 0. The topological polar surface area (TPSA) is 141 Å². The maximum absolute atomic E-state index is 8.94. The first-order valence-corrected chi connectivity index (χ1v) is 4.68. The summed E-state index contributed by atoms with van der Waals surface area (Å²) in [6.07, 6.45) is -2.33. The molecule has 0 saturated heterocycles. The van der Waals surface area contributed by atoms with E-state index in [9.17, 15) is 0 Å². The van der Waals surface area contributed by atoms with Crippen molar-refractivity contribution in [2.24, 2.45) is 0 Å². The Labute approximate surface area is 69.1 Å². The second-order valence-electron chi connectivity index (χ2n) is 0.763. The molecule has 0 bridgehead atoms. The fourth-order valence-electron chi connectivity index (χ4n) is 0. The van der Waals surface area contributed by atoms with Gasteiger partial charge in [0, 0.05) is 0 Å². The van der Waals surface area contributed by atoms with Gasteiger partial charge in [-0.05, 0) is 6.16 Å².